The molecule has 0 bridgehead atoms. The second-order valence-electron chi connectivity index (χ2n) is 7.66. The molecule has 1 amide bonds. The molecule has 0 aliphatic carbocycles. The quantitative estimate of drug-likeness (QED) is 0.541. The summed E-state index contributed by atoms with van der Waals surface area (Å²) in [6.45, 7) is 1.91. The number of hydrogen-bond donors (Lipinski definition) is 1. The number of amides is 1. The van der Waals surface area contributed by atoms with E-state index in [0.717, 1.165) is 5.56 Å². The van der Waals surface area contributed by atoms with E-state index in [4.69, 9.17) is 9.47 Å². The minimum Gasteiger partial charge on any atom is -0.495 e. The molecule has 2 aromatic carbocycles. The third-order valence-electron chi connectivity index (χ3n) is 5.32. The molecule has 10 heteroatoms. The topological polar surface area (TPSA) is 103 Å². The maximum atomic E-state index is 13.1. The number of anilines is 1. The molecule has 1 aliphatic rings. The molecule has 0 spiro atoms. The van der Waals surface area contributed by atoms with Gasteiger partial charge in [0.05, 0.1) is 33.1 Å². The Labute approximate surface area is 193 Å². The molecule has 4 rings (SSSR count). The average molecular weight is 471 g/mol. The van der Waals surface area contributed by atoms with Crippen LogP contribution in [0.5, 0.6) is 5.75 Å². The number of hydrogen-bond acceptors (Lipinski definition) is 6. The summed E-state index contributed by atoms with van der Waals surface area (Å²) in [6, 6.07) is 12.4. The summed E-state index contributed by atoms with van der Waals surface area (Å²) < 4.78 is 40.2. The van der Waals surface area contributed by atoms with Crippen LogP contribution >= 0.6 is 0 Å². The van der Waals surface area contributed by atoms with Crippen LogP contribution in [-0.2, 0) is 32.5 Å². The maximum absolute atomic E-state index is 13.1. The number of carbonyl (C=O) groups is 1. The molecule has 3 aromatic rings. The Hall–Kier alpha value is -3.21. The van der Waals surface area contributed by atoms with E-state index in [1.165, 1.54) is 17.5 Å². The number of nitrogens with one attached hydrogen (secondary N) is 1. The van der Waals surface area contributed by atoms with Crippen molar-refractivity contribution in [2.75, 3.05) is 38.7 Å². The Morgan fingerprint density at radius 3 is 2.70 bits per heavy atom. The van der Waals surface area contributed by atoms with Crippen molar-refractivity contribution >= 4 is 21.6 Å². The molecule has 1 saturated heterocycles. The zero-order valence-corrected chi connectivity index (χ0v) is 19.1. The van der Waals surface area contributed by atoms with Gasteiger partial charge in [-0.3, -0.25) is 4.79 Å². The SMILES string of the molecule is COc1ccc(CC(=O)Nc2cccc(Cn3ccnc3)c2)cc1S(=O)(=O)N1CCOCC1. The number of morpholine rings is 1. The number of methoxy groups -OCH3 is 1. The van der Waals surface area contributed by atoms with Crippen molar-refractivity contribution in [2.24, 2.45) is 0 Å². The maximum Gasteiger partial charge on any atom is 0.246 e. The summed E-state index contributed by atoms with van der Waals surface area (Å²) in [4.78, 5) is 16.8. The van der Waals surface area contributed by atoms with Gasteiger partial charge in [0.25, 0.3) is 0 Å². The highest BCUT2D eigenvalue weighted by atomic mass is 32.2. The van der Waals surface area contributed by atoms with Gasteiger partial charge in [0.15, 0.2) is 0 Å². The molecule has 0 unspecified atom stereocenters. The van der Waals surface area contributed by atoms with Crippen LogP contribution in [0.4, 0.5) is 5.69 Å². The lowest BCUT2D eigenvalue weighted by molar-refractivity contribution is -0.115. The van der Waals surface area contributed by atoms with Gasteiger partial charge >= 0.3 is 0 Å². The summed E-state index contributed by atoms with van der Waals surface area (Å²) in [7, 11) is -2.34. The van der Waals surface area contributed by atoms with Gasteiger partial charge in [0, 0.05) is 37.7 Å². The lowest BCUT2D eigenvalue weighted by atomic mass is 10.1. The van der Waals surface area contributed by atoms with E-state index in [0.29, 0.717) is 31.0 Å². The predicted octanol–water partition coefficient (Wildman–Crippen LogP) is 2.14. The Morgan fingerprint density at radius 1 is 1.15 bits per heavy atom. The van der Waals surface area contributed by atoms with E-state index in [-0.39, 0.29) is 36.1 Å². The first kappa shape index (κ1) is 23.0. The third kappa shape index (κ3) is 5.59. The van der Waals surface area contributed by atoms with Crippen LogP contribution in [-0.4, -0.2) is 61.6 Å². The zero-order chi connectivity index (χ0) is 23.3. The fourth-order valence-electron chi connectivity index (χ4n) is 3.69. The number of aromatic nitrogens is 2. The summed E-state index contributed by atoms with van der Waals surface area (Å²) in [5.41, 5.74) is 2.27. The second-order valence-corrected chi connectivity index (χ2v) is 9.57. The highest BCUT2D eigenvalue weighted by Gasteiger charge is 2.29. The van der Waals surface area contributed by atoms with Crippen LogP contribution in [0.25, 0.3) is 0 Å². The Morgan fingerprint density at radius 2 is 1.97 bits per heavy atom. The van der Waals surface area contributed by atoms with Gasteiger partial charge in [-0.05, 0) is 35.4 Å². The van der Waals surface area contributed by atoms with Gasteiger partial charge in [-0.1, -0.05) is 18.2 Å². The van der Waals surface area contributed by atoms with Crippen LogP contribution in [0.3, 0.4) is 0 Å². The van der Waals surface area contributed by atoms with Crippen molar-refractivity contribution in [3.63, 3.8) is 0 Å². The van der Waals surface area contributed by atoms with Crippen LogP contribution in [0.1, 0.15) is 11.1 Å². The largest absolute Gasteiger partial charge is 0.495 e. The van der Waals surface area contributed by atoms with Gasteiger partial charge in [0.2, 0.25) is 15.9 Å². The minimum atomic E-state index is -3.76. The third-order valence-corrected chi connectivity index (χ3v) is 7.24. The fourth-order valence-corrected chi connectivity index (χ4v) is 5.30. The van der Waals surface area contributed by atoms with E-state index in [1.807, 2.05) is 35.0 Å². The highest BCUT2D eigenvalue weighted by molar-refractivity contribution is 7.89. The molecule has 9 nitrogen and oxygen atoms in total. The van der Waals surface area contributed by atoms with E-state index in [1.54, 1.807) is 24.7 Å². The number of nitrogens with zero attached hydrogens (tertiary/aromatic N) is 3. The van der Waals surface area contributed by atoms with E-state index < -0.39 is 10.0 Å². The molecular formula is C23H26N4O5S. The Balaban J connectivity index is 1.48. The molecule has 1 aliphatic heterocycles. The van der Waals surface area contributed by atoms with E-state index >= 15 is 0 Å². The van der Waals surface area contributed by atoms with Crippen LogP contribution in [0.15, 0.2) is 66.1 Å². The fraction of sp³-hybridized carbons (Fsp3) is 0.304. The number of carbonyl (C=O) groups excluding carboxylic acids is 1. The molecule has 0 atom stereocenters. The number of ether oxygens (including phenoxy) is 2. The van der Waals surface area contributed by atoms with Crippen LogP contribution in [0.2, 0.25) is 0 Å². The summed E-state index contributed by atoms with van der Waals surface area (Å²) in [5, 5.41) is 2.89. The Bertz CT molecular complexity index is 1210. The van der Waals surface area contributed by atoms with Crippen molar-refractivity contribution in [3.05, 3.63) is 72.3 Å². The first-order chi connectivity index (χ1) is 16.0. The lowest BCUT2D eigenvalue weighted by Gasteiger charge is -2.26. The van der Waals surface area contributed by atoms with E-state index in [2.05, 4.69) is 10.3 Å². The van der Waals surface area contributed by atoms with Gasteiger partial charge < -0.3 is 19.4 Å². The first-order valence-corrected chi connectivity index (χ1v) is 12.0. The van der Waals surface area contributed by atoms with Crippen molar-refractivity contribution < 1.29 is 22.7 Å². The molecular weight excluding hydrogens is 444 g/mol. The standard InChI is InChI=1S/C23H26N4O5S/c1-31-21-6-5-18(14-22(21)33(29,30)27-9-11-32-12-10-27)15-23(28)25-20-4-2-3-19(13-20)16-26-8-7-24-17-26/h2-8,13-14,17H,9-12,15-16H2,1H3,(H,25,28). The number of sulfonamides is 1. The van der Waals surface area contributed by atoms with Crippen molar-refractivity contribution in [1.82, 2.24) is 13.9 Å². The molecule has 0 radical (unpaired) electrons. The predicted molar refractivity (Wildman–Crippen MR) is 123 cm³/mol. The lowest BCUT2D eigenvalue weighted by Crippen LogP contribution is -2.40. The number of imidazole rings is 1. The molecule has 1 N–H and O–H groups in total. The van der Waals surface area contributed by atoms with E-state index in [9.17, 15) is 13.2 Å². The molecule has 2 heterocycles. The summed E-state index contributed by atoms with van der Waals surface area (Å²) in [6.07, 6.45) is 5.35. The normalized spacial score (nSPS) is 14.7. The monoisotopic (exact) mass is 470 g/mol. The Kier molecular flexibility index (Phi) is 7.07. The average Bonchev–Trinajstić information content (AvgIpc) is 3.33. The van der Waals surface area contributed by atoms with Gasteiger partial charge in [-0.2, -0.15) is 4.31 Å². The molecule has 1 fully saturated rings. The second kappa shape index (κ2) is 10.2. The van der Waals surface area contributed by atoms with Crippen LogP contribution in [0, 0.1) is 0 Å². The first-order valence-electron chi connectivity index (χ1n) is 10.5. The summed E-state index contributed by atoms with van der Waals surface area (Å²) in [5.74, 6) is 0.00696. The molecule has 33 heavy (non-hydrogen) atoms. The molecule has 0 saturated carbocycles. The van der Waals surface area contributed by atoms with Crippen molar-refractivity contribution in [1.29, 1.82) is 0 Å². The number of rotatable bonds is 8. The van der Waals surface area contributed by atoms with Gasteiger partial charge in [0.1, 0.15) is 10.6 Å². The summed E-state index contributed by atoms with van der Waals surface area (Å²) >= 11 is 0. The smallest absolute Gasteiger partial charge is 0.246 e. The molecule has 174 valence electrons. The van der Waals surface area contributed by atoms with Crippen molar-refractivity contribution in [3.8, 4) is 5.75 Å². The molecule has 1 aromatic heterocycles. The van der Waals surface area contributed by atoms with Gasteiger partial charge in [-0.15, -0.1) is 0 Å². The zero-order valence-electron chi connectivity index (χ0n) is 18.3. The van der Waals surface area contributed by atoms with Gasteiger partial charge in [-0.25, -0.2) is 13.4 Å². The van der Waals surface area contributed by atoms with Crippen molar-refractivity contribution in [2.45, 2.75) is 17.9 Å². The minimum absolute atomic E-state index is 0.0291. The van der Waals surface area contributed by atoms with Crippen LogP contribution < -0.4 is 10.1 Å². The number of benzene rings is 2. The highest BCUT2D eigenvalue weighted by Crippen LogP contribution is 2.28.